The summed E-state index contributed by atoms with van der Waals surface area (Å²) in [5.74, 6) is 0.823. The predicted molar refractivity (Wildman–Crippen MR) is 73.0 cm³/mol. The molecule has 0 saturated heterocycles. The number of hydrogen-bond donors (Lipinski definition) is 2. The molecule has 2 rings (SSSR count). The third-order valence-electron chi connectivity index (χ3n) is 2.77. The number of hydrogen-bond acceptors (Lipinski definition) is 4. The monoisotopic (exact) mass is 280 g/mol. The number of rotatable bonds is 5. The summed E-state index contributed by atoms with van der Waals surface area (Å²) in [5, 5.41) is 0. The van der Waals surface area contributed by atoms with Gasteiger partial charge in [-0.2, -0.15) is 0 Å². The van der Waals surface area contributed by atoms with Crippen molar-refractivity contribution in [2.45, 2.75) is 11.3 Å². The fourth-order valence-electron chi connectivity index (χ4n) is 1.74. The van der Waals surface area contributed by atoms with Crippen molar-refractivity contribution in [2.75, 3.05) is 12.3 Å². The number of nitrogen functional groups attached to an aromatic ring is 1. The van der Waals surface area contributed by atoms with E-state index in [2.05, 4.69) is 9.71 Å². The van der Waals surface area contributed by atoms with Crippen LogP contribution < -0.4 is 10.5 Å². The molecule has 2 aromatic rings. The van der Waals surface area contributed by atoms with Crippen molar-refractivity contribution < 1.29 is 8.42 Å². The Morgan fingerprint density at radius 3 is 2.74 bits per heavy atom. The molecule has 1 heterocycles. The maximum atomic E-state index is 12.0. The summed E-state index contributed by atoms with van der Waals surface area (Å²) in [5.41, 5.74) is 5.90. The first-order valence-corrected chi connectivity index (χ1v) is 7.29. The van der Waals surface area contributed by atoms with Crippen LogP contribution in [0.2, 0.25) is 0 Å². The van der Waals surface area contributed by atoms with Crippen LogP contribution in [0, 0.1) is 0 Å². The van der Waals surface area contributed by atoms with E-state index in [1.54, 1.807) is 24.4 Å². The first-order valence-electron chi connectivity index (χ1n) is 5.81. The van der Waals surface area contributed by atoms with Gasteiger partial charge in [0.15, 0.2) is 0 Å². The number of nitrogens with one attached hydrogen (secondary N) is 1. The van der Waals surface area contributed by atoms with Crippen LogP contribution in [0.4, 0.5) is 5.69 Å². The second-order valence-corrected chi connectivity index (χ2v) is 5.88. The van der Waals surface area contributed by atoms with Crippen molar-refractivity contribution >= 4 is 15.7 Å². The van der Waals surface area contributed by atoms with Gasteiger partial charge in [0.05, 0.1) is 5.69 Å². The Morgan fingerprint density at radius 2 is 2.11 bits per heavy atom. The summed E-state index contributed by atoms with van der Waals surface area (Å²) in [7, 11) is -1.70. The van der Waals surface area contributed by atoms with E-state index in [1.165, 1.54) is 6.07 Å². The number of para-hydroxylation sites is 1. The van der Waals surface area contributed by atoms with Gasteiger partial charge < -0.3 is 10.3 Å². The number of aryl methyl sites for hydroxylation is 1. The first-order chi connectivity index (χ1) is 9.00. The fraction of sp³-hybridized carbons (Fsp3) is 0.250. The maximum Gasteiger partial charge on any atom is 0.242 e. The molecule has 0 aliphatic rings. The van der Waals surface area contributed by atoms with E-state index in [9.17, 15) is 8.42 Å². The molecule has 0 amide bonds. The maximum absolute atomic E-state index is 12.0. The Labute approximate surface area is 112 Å². The number of sulfonamides is 1. The molecule has 0 saturated carbocycles. The summed E-state index contributed by atoms with van der Waals surface area (Å²) in [6.45, 7) is 0.279. The average molecular weight is 280 g/mol. The quantitative estimate of drug-likeness (QED) is 0.781. The van der Waals surface area contributed by atoms with E-state index < -0.39 is 10.0 Å². The van der Waals surface area contributed by atoms with Gasteiger partial charge in [-0.05, 0) is 12.1 Å². The van der Waals surface area contributed by atoms with Gasteiger partial charge in [0, 0.05) is 32.4 Å². The Kier molecular flexibility index (Phi) is 3.87. The Morgan fingerprint density at radius 1 is 1.37 bits per heavy atom. The van der Waals surface area contributed by atoms with E-state index in [-0.39, 0.29) is 17.1 Å². The number of benzene rings is 1. The van der Waals surface area contributed by atoms with Gasteiger partial charge >= 0.3 is 0 Å². The number of imidazole rings is 1. The van der Waals surface area contributed by atoms with Crippen LogP contribution in [-0.2, 0) is 23.5 Å². The molecule has 1 aromatic heterocycles. The second-order valence-electron chi connectivity index (χ2n) is 4.14. The lowest BCUT2D eigenvalue weighted by Crippen LogP contribution is -2.27. The third kappa shape index (κ3) is 3.12. The Bertz CT molecular complexity index is 664. The smallest absolute Gasteiger partial charge is 0.242 e. The zero-order chi connectivity index (χ0) is 13.9. The summed E-state index contributed by atoms with van der Waals surface area (Å²) < 4.78 is 28.5. The summed E-state index contributed by atoms with van der Waals surface area (Å²) >= 11 is 0. The summed E-state index contributed by atoms with van der Waals surface area (Å²) in [6.07, 6.45) is 4.02. The lowest BCUT2D eigenvalue weighted by atomic mass is 10.3. The van der Waals surface area contributed by atoms with E-state index in [0.717, 1.165) is 5.82 Å². The van der Waals surface area contributed by atoms with Gasteiger partial charge in [-0.25, -0.2) is 18.1 Å². The van der Waals surface area contributed by atoms with Crippen LogP contribution in [0.1, 0.15) is 5.82 Å². The van der Waals surface area contributed by atoms with Crippen molar-refractivity contribution in [3.8, 4) is 0 Å². The third-order valence-corrected chi connectivity index (χ3v) is 4.31. The van der Waals surface area contributed by atoms with Crippen molar-refractivity contribution in [1.29, 1.82) is 0 Å². The van der Waals surface area contributed by atoms with E-state index in [0.29, 0.717) is 6.42 Å². The SMILES string of the molecule is Cn1ccnc1CCNS(=O)(=O)c1ccccc1N. The van der Waals surface area contributed by atoms with Gasteiger partial charge in [0.1, 0.15) is 10.7 Å². The molecule has 6 nitrogen and oxygen atoms in total. The molecule has 0 spiro atoms. The highest BCUT2D eigenvalue weighted by Crippen LogP contribution is 2.16. The van der Waals surface area contributed by atoms with Crippen LogP contribution in [0.3, 0.4) is 0 Å². The van der Waals surface area contributed by atoms with Crippen molar-refractivity contribution in [2.24, 2.45) is 7.05 Å². The van der Waals surface area contributed by atoms with Gasteiger partial charge in [-0.1, -0.05) is 12.1 Å². The lowest BCUT2D eigenvalue weighted by molar-refractivity contribution is 0.580. The minimum atomic E-state index is -3.57. The van der Waals surface area contributed by atoms with Gasteiger partial charge in [0.25, 0.3) is 0 Å². The van der Waals surface area contributed by atoms with Gasteiger partial charge in [0.2, 0.25) is 10.0 Å². The molecule has 0 radical (unpaired) electrons. The van der Waals surface area contributed by atoms with E-state index in [1.807, 2.05) is 17.8 Å². The van der Waals surface area contributed by atoms with Crippen LogP contribution in [0.5, 0.6) is 0 Å². The van der Waals surface area contributed by atoms with Crippen LogP contribution >= 0.6 is 0 Å². The topological polar surface area (TPSA) is 90.0 Å². The molecule has 0 fully saturated rings. The zero-order valence-electron chi connectivity index (χ0n) is 10.6. The molecule has 1 aromatic carbocycles. The van der Waals surface area contributed by atoms with Crippen LogP contribution in [0.15, 0.2) is 41.6 Å². The summed E-state index contributed by atoms with van der Waals surface area (Å²) in [4.78, 5) is 4.24. The predicted octanol–water partition coefficient (Wildman–Crippen LogP) is 0.523. The highest BCUT2D eigenvalue weighted by molar-refractivity contribution is 7.89. The normalized spacial score (nSPS) is 11.6. The van der Waals surface area contributed by atoms with Crippen LogP contribution in [0.25, 0.3) is 0 Å². The van der Waals surface area contributed by atoms with Gasteiger partial charge in [-0.3, -0.25) is 0 Å². The van der Waals surface area contributed by atoms with Gasteiger partial charge in [-0.15, -0.1) is 0 Å². The standard InChI is InChI=1S/C12H16N4O2S/c1-16-9-8-14-12(16)6-7-15-19(17,18)11-5-3-2-4-10(11)13/h2-5,8-9,15H,6-7,13H2,1H3. The van der Waals surface area contributed by atoms with Crippen molar-refractivity contribution in [1.82, 2.24) is 14.3 Å². The minimum absolute atomic E-state index is 0.106. The number of anilines is 1. The minimum Gasteiger partial charge on any atom is -0.398 e. The Balaban J connectivity index is 2.03. The van der Waals surface area contributed by atoms with Crippen LogP contribution in [-0.4, -0.2) is 24.5 Å². The first kappa shape index (κ1) is 13.6. The zero-order valence-corrected chi connectivity index (χ0v) is 11.4. The number of nitrogens with two attached hydrogens (primary N) is 1. The van der Waals surface area contributed by atoms with E-state index in [4.69, 9.17) is 5.73 Å². The molecule has 0 bridgehead atoms. The highest BCUT2D eigenvalue weighted by atomic mass is 32.2. The molecule has 0 unspecified atom stereocenters. The molecule has 3 N–H and O–H groups in total. The van der Waals surface area contributed by atoms with E-state index >= 15 is 0 Å². The second kappa shape index (κ2) is 5.41. The molecular formula is C12H16N4O2S. The average Bonchev–Trinajstić information content (AvgIpc) is 2.75. The molecule has 102 valence electrons. The summed E-state index contributed by atoms with van der Waals surface area (Å²) in [6, 6.07) is 6.39. The molecule has 0 aliphatic carbocycles. The molecule has 19 heavy (non-hydrogen) atoms. The lowest BCUT2D eigenvalue weighted by Gasteiger charge is -2.08. The molecular weight excluding hydrogens is 264 g/mol. The van der Waals surface area contributed by atoms with Crippen molar-refractivity contribution in [3.05, 3.63) is 42.5 Å². The molecule has 7 heteroatoms. The van der Waals surface area contributed by atoms with Crippen molar-refractivity contribution in [3.63, 3.8) is 0 Å². The number of aromatic nitrogens is 2. The Hall–Kier alpha value is -1.86. The molecule has 0 atom stereocenters. The number of nitrogens with zero attached hydrogens (tertiary/aromatic N) is 2. The largest absolute Gasteiger partial charge is 0.398 e. The highest BCUT2D eigenvalue weighted by Gasteiger charge is 2.16. The fourth-order valence-corrected chi connectivity index (χ4v) is 2.90. The molecule has 0 aliphatic heterocycles.